The van der Waals surface area contributed by atoms with Gasteiger partial charge in [0.05, 0.1) is 16.5 Å². The maximum atomic E-state index is 12.8. The number of hydrogen-bond acceptors (Lipinski definition) is 5. The Kier molecular flexibility index (Phi) is 5.03. The molecule has 28 heavy (non-hydrogen) atoms. The van der Waals surface area contributed by atoms with Crippen LogP contribution in [-0.4, -0.2) is 23.3 Å². The van der Waals surface area contributed by atoms with Crippen LogP contribution in [0.5, 0.6) is 0 Å². The number of anilines is 2. The summed E-state index contributed by atoms with van der Waals surface area (Å²) < 4.78 is 0. The zero-order valence-electron chi connectivity index (χ0n) is 16.0. The van der Waals surface area contributed by atoms with E-state index in [-0.39, 0.29) is 24.2 Å². The van der Waals surface area contributed by atoms with Crippen molar-refractivity contribution in [3.8, 4) is 9.88 Å². The number of amides is 2. The molecule has 0 spiro atoms. The van der Waals surface area contributed by atoms with Crippen LogP contribution in [-0.2, 0) is 9.59 Å². The zero-order valence-corrected chi connectivity index (χ0v) is 17.6. The van der Waals surface area contributed by atoms with Crippen molar-refractivity contribution in [2.24, 2.45) is 5.92 Å². The molecular weight excluding hydrogens is 390 g/mol. The number of aryl methyl sites for hydroxylation is 3. The molecule has 7 heteroatoms. The largest absolute Gasteiger partial charge is 0.325 e. The highest BCUT2D eigenvalue weighted by atomic mass is 32.1. The van der Waals surface area contributed by atoms with Gasteiger partial charge in [0.1, 0.15) is 5.01 Å². The summed E-state index contributed by atoms with van der Waals surface area (Å²) in [6.07, 6.45) is 0.238. The first-order valence-corrected chi connectivity index (χ1v) is 10.8. The zero-order chi connectivity index (χ0) is 19.8. The molecule has 1 aromatic carbocycles. The molecule has 1 saturated heterocycles. The summed E-state index contributed by atoms with van der Waals surface area (Å²) in [5, 5.41) is 6.01. The Hall–Kier alpha value is -2.51. The first-order valence-electron chi connectivity index (χ1n) is 9.11. The van der Waals surface area contributed by atoms with E-state index in [0.29, 0.717) is 6.54 Å². The van der Waals surface area contributed by atoms with E-state index < -0.39 is 0 Å². The number of benzene rings is 1. The minimum atomic E-state index is -0.348. The van der Waals surface area contributed by atoms with E-state index in [2.05, 4.69) is 10.3 Å². The summed E-state index contributed by atoms with van der Waals surface area (Å²) in [5.74, 6) is -0.464. The molecule has 1 aliphatic rings. The molecule has 1 N–H and O–H groups in total. The highest BCUT2D eigenvalue weighted by molar-refractivity contribution is 7.21. The molecule has 4 rings (SSSR count). The molecule has 1 atom stereocenters. The Bertz CT molecular complexity index is 1040. The van der Waals surface area contributed by atoms with Gasteiger partial charge in [-0.25, -0.2) is 4.98 Å². The van der Waals surface area contributed by atoms with Gasteiger partial charge in [0, 0.05) is 34.6 Å². The fraction of sp³-hybridized carbons (Fsp3) is 0.286. The molecule has 0 aliphatic carbocycles. The van der Waals surface area contributed by atoms with Crippen LogP contribution < -0.4 is 10.2 Å². The Labute approximate surface area is 172 Å². The molecule has 2 aromatic heterocycles. The Balaban J connectivity index is 1.46. The molecule has 0 saturated carbocycles. The van der Waals surface area contributed by atoms with E-state index in [1.165, 1.54) is 0 Å². The first kappa shape index (κ1) is 18.8. The second-order valence-electron chi connectivity index (χ2n) is 7.10. The van der Waals surface area contributed by atoms with Gasteiger partial charge >= 0.3 is 0 Å². The number of nitrogens with one attached hydrogen (secondary N) is 1. The van der Waals surface area contributed by atoms with Crippen LogP contribution >= 0.6 is 22.7 Å². The van der Waals surface area contributed by atoms with Crippen LogP contribution in [0.25, 0.3) is 9.88 Å². The van der Waals surface area contributed by atoms with Crippen LogP contribution in [0.4, 0.5) is 11.4 Å². The molecule has 0 unspecified atom stereocenters. The smallest absolute Gasteiger partial charge is 0.229 e. The second-order valence-corrected chi connectivity index (χ2v) is 9.22. The summed E-state index contributed by atoms with van der Waals surface area (Å²) in [6.45, 7) is 6.38. The summed E-state index contributed by atoms with van der Waals surface area (Å²) in [6, 6.07) is 9.79. The average Bonchev–Trinajstić information content (AvgIpc) is 3.35. The molecular formula is C21H21N3O2S2. The number of thiophene rings is 1. The van der Waals surface area contributed by atoms with Crippen LogP contribution in [0.2, 0.25) is 0 Å². The molecule has 1 fully saturated rings. The second kappa shape index (κ2) is 7.48. The predicted molar refractivity (Wildman–Crippen MR) is 115 cm³/mol. The molecule has 144 valence electrons. The molecule has 0 radical (unpaired) electrons. The van der Waals surface area contributed by atoms with Gasteiger partial charge < -0.3 is 10.2 Å². The van der Waals surface area contributed by atoms with Crippen molar-refractivity contribution < 1.29 is 9.59 Å². The Morgan fingerprint density at radius 1 is 1.21 bits per heavy atom. The minimum absolute atomic E-state index is 0.00927. The topological polar surface area (TPSA) is 62.3 Å². The van der Waals surface area contributed by atoms with Crippen molar-refractivity contribution in [1.82, 2.24) is 4.98 Å². The third-order valence-electron chi connectivity index (χ3n) is 4.85. The summed E-state index contributed by atoms with van der Waals surface area (Å²) in [5.41, 5.74) is 3.79. The summed E-state index contributed by atoms with van der Waals surface area (Å²) in [7, 11) is 0. The van der Waals surface area contributed by atoms with Gasteiger partial charge in [-0.2, -0.15) is 0 Å². The number of carbonyl (C=O) groups excluding carboxylic acids is 2. The fourth-order valence-electron chi connectivity index (χ4n) is 3.27. The third-order valence-corrected chi connectivity index (χ3v) is 7.03. The van der Waals surface area contributed by atoms with Crippen molar-refractivity contribution in [2.45, 2.75) is 27.2 Å². The Morgan fingerprint density at radius 3 is 2.64 bits per heavy atom. The van der Waals surface area contributed by atoms with Gasteiger partial charge in [0.25, 0.3) is 0 Å². The maximum Gasteiger partial charge on any atom is 0.229 e. The number of rotatable bonds is 4. The minimum Gasteiger partial charge on any atom is -0.325 e. The quantitative estimate of drug-likeness (QED) is 0.671. The van der Waals surface area contributed by atoms with Crippen molar-refractivity contribution >= 4 is 45.9 Å². The fourth-order valence-corrected chi connectivity index (χ4v) is 5.11. The number of carbonyl (C=O) groups is 2. The lowest BCUT2D eigenvalue weighted by atomic mass is 10.1. The van der Waals surface area contributed by atoms with E-state index >= 15 is 0 Å². The molecule has 3 heterocycles. The summed E-state index contributed by atoms with van der Waals surface area (Å²) >= 11 is 3.22. The van der Waals surface area contributed by atoms with Gasteiger partial charge in [-0.05, 0) is 39.0 Å². The maximum absolute atomic E-state index is 12.8. The van der Waals surface area contributed by atoms with Crippen molar-refractivity contribution in [3.63, 3.8) is 0 Å². The monoisotopic (exact) mass is 411 g/mol. The number of hydrogen-bond donors (Lipinski definition) is 1. The van der Waals surface area contributed by atoms with Crippen LogP contribution in [0.15, 0.2) is 35.7 Å². The molecule has 1 aliphatic heterocycles. The number of aromatic nitrogens is 1. The lowest BCUT2D eigenvalue weighted by Crippen LogP contribution is -2.28. The van der Waals surface area contributed by atoms with E-state index in [1.54, 1.807) is 27.6 Å². The van der Waals surface area contributed by atoms with E-state index in [1.807, 2.05) is 56.5 Å². The number of nitrogens with zero attached hydrogens (tertiary/aromatic N) is 2. The lowest BCUT2D eigenvalue weighted by molar-refractivity contribution is -0.122. The van der Waals surface area contributed by atoms with Crippen LogP contribution in [0, 0.1) is 26.7 Å². The molecule has 2 amide bonds. The van der Waals surface area contributed by atoms with Gasteiger partial charge in [0.15, 0.2) is 0 Å². The SMILES string of the molecule is Cc1ccc(N2C[C@H](C(=O)Nc3cc(-c4nc(C)cs4)sc3C)CC2=O)cc1. The van der Waals surface area contributed by atoms with Crippen molar-refractivity contribution in [1.29, 1.82) is 0 Å². The van der Waals surface area contributed by atoms with Crippen molar-refractivity contribution in [3.05, 3.63) is 51.8 Å². The normalized spacial score (nSPS) is 16.6. The molecule has 3 aromatic rings. The lowest BCUT2D eigenvalue weighted by Gasteiger charge is -2.17. The van der Waals surface area contributed by atoms with Gasteiger partial charge in [-0.15, -0.1) is 22.7 Å². The number of thiazole rings is 1. The van der Waals surface area contributed by atoms with Crippen LogP contribution in [0.1, 0.15) is 22.6 Å². The van der Waals surface area contributed by atoms with E-state index in [9.17, 15) is 9.59 Å². The van der Waals surface area contributed by atoms with E-state index in [4.69, 9.17) is 0 Å². The van der Waals surface area contributed by atoms with Gasteiger partial charge in [-0.1, -0.05) is 17.7 Å². The third kappa shape index (κ3) is 3.72. The highest BCUT2D eigenvalue weighted by Crippen LogP contribution is 2.36. The highest BCUT2D eigenvalue weighted by Gasteiger charge is 2.35. The van der Waals surface area contributed by atoms with Gasteiger partial charge in [0.2, 0.25) is 11.8 Å². The van der Waals surface area contributed by atoms with Gasteiger partial charge in [-0.3, -0.25) is 9.59 Å². The molecule has 0 bridgehead atoms. The molecule has 5 nitrogen and oxygen atoms in total. The van der Waals surface area contributed by atoms with Crippen LogP contribution in [0.3, 0.4) is 0 Å². The first-order chi connectivity index (χ1) is 13.4. The standard InChI is InChI=1S/C21H21N3O2S2/c1-12-4-6-16(7-5-12)24-10-15(8-19(24)25)20(26)23-17-9-18(28-14(17)3)21-22-13(2)11-27-21/h4-7,9,11,15H,8,10H2,1-3H3,(H,23,26)/t15-/m1/s1. The van der Waals surface area contributed by atoms with E-state index in [0.717, 1.165) is 37.4 Å². The Morgan fingerprint density at radius 2 is 1.96 bits per heavy atom. The van der Waals surface area contributed by atoms with Crippen molar-refractivity contribution in [2.75, 3.05) is 16.8 Å². The predicted octanol–water partition coefficient (Wildman–Crippen LogP) is 4.79. The average molecular weight is 412 g/mol. The summed E-state index contributed by atoms with van der Waals surface area (Å²) in [4.78, 5) is 33.5.